The third-order valence-electron chi connectivity index (χ3n) is 2.45. The monoisotopic (exact) mass is 298 g/mol. The molecule has 0 unspecified atom stereocenters. The minimum atomic E-state index is -0.282. The van der Waals surface area contributed by atoms with Crippen LogP contribution in [-0.4, -0.2) is 22.0 Å². The number of nitrogens with zero attached hydrogens (tertiary/aromatic N) is 3. The van der Waals surface area contributed by atoms with Gasteiger partial charge in [0.05, 0.1) is 0 Å². The van der Waals surface area contributed by atoms with E-state index in [2.05, 4.69) is 31.6 Å². The summed E-state index contributed by atoms with van der Waals surface area (Å²) in [6.45, 7) is 0.691. The maximum atomic E-state index is 13.8. The molecule has 0 aliphatic heterocycles. The fourth-order valence-corrected chi connectivity index (χ4v) is 2.23. The molecule has 0 aliphatic rings. The zero-order chi connectivity index (χ0) is 12.4. The number of aromatic nitrogens is 3. The van der Waals surface area contributed by atoms with Crippen LogP contribution in [0.4, 0.5) is 4.39 Å². The van der Waals surface area contributed by atoms with Crippen LogP contribution in [0.2, 0.25) is 0 Å². The number of hydrogen-bond acceptors (Lipinski definition) is 3. The summed E-state index contributed by atoms with van der Waals surface area (Å²) in [6, 6.07) is 5.02. The van der Waals surface area contributed by atoms with Crippen molar-refractivity contribution in [3.63, 3.8) is 0 Å². The van der Waals surface area contributed by atoms with E-state index < -0.39 is 0 Å². The Labute approximate surface area is 107 Å². The predicted molar refractivity (Wildman–Crippen MR) is 66.9 cm³/mol. The number of halogens is 2. The van der Waals surface area contributed by atoms with Gasteiger partial charge in [0.25, 0.3) is 0 Å². The number of benzene rings is 1. The van der Waals surface area contributed by atoms with Gasteiger partial charge in [0, 0.05) is 19.2 Å². The van der Waals surface area contributed by atoms with Crippen molar-refractivity contribution in [2.45, 2.75) is 6.54 Å². The molecule has 0 radical (unpaired) electrons. The number of aryl methyl sites for hydroxylation is 1. The predicted octanol–water partition coefficient (Wildman–Crippen LogP) is 2.10. The van der Waals surface area contributed by atoms with E-state index in [9.17, 15) is 4.39 Å². The minimum absolute atomic E-state index is 0.282. The Hall–Kier alpha value is -1.27. The molecule has 4 nitrogen and oxygen atoms in total. The Bertz CT molecular complexity index is 519. The standard InChI is InChI=1S/C11H12BrFN4/c1-14-6-7-3-4-9(13)8(5-7)10-11(12)15-16-17(10)2/h3-5,14H,6H2,1-2H3. The first-order valence-corrected chi connectivity index (χ1v) is 5.91. The molecule has 0 atom stereocenters. The molecule has 0 amide bonds. The smallest absolute Gasteiger partial charge is 0.156 e. The van der Waals surface area contributed by atoms with Gasteiger partial charge >= 0.3 is 0 Å². The average Bonchev–Trinajstić information content (AvgIpc) is 2.62. The van der Waals surface area contributed by atoms with Crippen LogP contribution in [0.15, 0.2) is 22.8 Å². The second kappa shape index (κ2) is 4.93. The van der Waals surface area contributed by atoms with E-state index in [-0.39, 0.29) is 5.82 Å². The summed E-state index contributed by atoms with van der Waals surface area (Å²) in [7, 11) is 3.59. The molecule has 0 fully saturated rings. The molecule has 90 valence electrons. The van der Waals surface area contributed by atoms with Crippen molar-refractivity contribution < 1.29 is 4.39 Å². The van der Waals surface area contributed by atoms with Gasteiger partial charge in [-0.05, 0) is 40.7 Å². The SMILES string of the molecule is CNCc1ccc(F)c(-c2c(Br)nnn2C)c1. The normalized spacial score (nSPS) is 10.8. The molecule has 0 spiro atoms. The first kappa shape index (κ1) is 12.2. The average molecular weight is 299 g/mol. The molecule has 6 heteroatoms. The zero-order valence-electron chi connectivity index (χ0n) is 9.54. The Balaban J connectivity index is 2.54. The van der Waals surface area contributed by atoms with Crippen molar-refractivity contribution in [1.82, 2.24) is 20.3 Å². The lowest BCUT2D eigenvalue weighted by molar-refractivity contribution is 0.626. The fourth-order valence-electron chi connectivity index (χ4n) is 1.69. The quantitative estimate of drug-likeness (QED) is 0.944. The summed E-state index contributed by atoms with van der Waals surface area (Å²) in [5.74, 6) is -0.282. The van der Waals surface area contributed by atoms with Crippen molar-refractivity contribution in [1.29, 1.82) is 0 Å². The highest BCUT2D eigenvalue weighted by Gasteiger charge is 2.15. The first-order chi connectivity index (χ1) is 8.13. The van der Waals surface area contributed by atoms with E-state index in [1.165, 1.54) is 6.07 Å². The number of hydrogen-bond donors (Lipinski definition) is 1. The lowest BCUT2D eigenvalue weighted by atomic mass is 10.1. The molecule has 2 aromatic rings. The Morgan fingerprint density at radius 2 is 2.24 bits per heavy atom. The third kappa shape index (κ3) is 2.37. The van der Waals surface area contributed by atoms with E-state index in [0.29, 0.717) is 22.4 Å². The summed E-state index contributed by atoms with van der Waals surface area (Å²) < 4.78 is 15.9. The molecule has 0 bridgehead atoms. The molecule has 1 aromatic carbocycles. The van der Waals surface area contributed by atoms with Crippen LogP contribution in [-0.2, 0) is 13.6 Å². The zero-order valence-corrected chi connectivity index (χ0v) is 11.1. The molecule has 0 saturated heterocycles. The highest BCUT2D eigenvalue weighted by Crippen LogP contribution is 2.28. The molecule has 0 aliphatic carbocycles. The Kier molecular flexibility index (Phi) is 3.54. The third-order valence-corrected chi connectivity index (χ3v) is 2.99. The van der Waals surface area contributed by atoms with E-state index in [1.54, 1.807) is 23.9 Å². The van der Waals surface area contributed by atoms with Crippen molar-refractivity contribution in [2.24, 2.45) is 7.05 Å². The fraction of sp³-hybridized carbons (Fsp3) is 0.273. The maximum Gasteiger partial charge on any atom is 0.156 e. The summed E-state index contributed by atoms with van der Waals surface area (Å²) in [5, 5.41) is 10.7. The van der Waals surface area contributed by atoms with E-state index in [4.69, 9.17) is 0 Å². The Morgan fingerprint density at radius 3 is 2.82 bits per heavy atom. The van der Waals surface area contributed by atoms with Crippen LogP contribution in [0.1, 0.15) is 5.56 Å². The van der Waals surface area contributed by atoms with E-state index in [1.807, 2.05) is 7.05 Å². The van der Waals surface area contributed by atoms with Crippen LogP contribution >= 0.6 is 15.9 Å². The van der Waals surface area contributed by atoms with Gasteiger partial charge in [0.2, 0.25) is 0 Å². The lowest BCUT2D eigenvalue weighted by Gasteiger charge is -2.07. The molecule has 1 aromatic heterocycles. The van der Waals surface area contributed by atoms with Gasteiger partial charge in [0.15, 0.2) is 4.60 Å². The van der Waals surface area contributed by atoms with Gasteiger partial charge in [-0.25, -0.2) is 9.07 Å². The Morgan fingerprint density at radius 1 is 1.47 bits per heavy atom. The van der Waals surface area contributed by atoms with Crippen LogP contribution in [0.25, 0.3) is 11.3 Å². The summed E-state index contributed by atoms with van der Waals surface area (Å²) in [6.07, 6.45) is 0. The molecule has 1 heterocycles. The van der Waals surface area contributed by atoms with Crippen LogP contribution < -0.4 is 5.32 Å². The van der Waals surface area contributed by atoms with Gasteiger partial charge in [-0.3, -0.25) is 0 Å². The molecule has 1 N–H and O–H groups in total. The van der Waals surface area contributed by atoms with E-state index in [0.717, 1.165) is 5.56 Å². The first-order valence-electron chi connectivity index (χ1n) is 5.12. The molecular formula is C11H12BrFN4. The summed E-state index contributed by atoms with van der Waals surface area (Å²) in [4.78, 5) is 0. The number of nitrogens with one attached hydrogen (secondary N) is 1. The second-order valence-electron chi connectivity index (χ2n) is 3.70. The van der Waals surface area contributed by atoms with Crippen molar-refractivity contribution in [3.8, 4) is 11.3 Å². The van der Waals surface area contributed by atoms with Crippen molar-refractivity contribution >= 4 is 15.9 Å². The summed E-state index contributed by atoms with van der Waals surface area (Å²) in [5.41, 5.74) is 2.15. The second-order valence-corrected chi connectivity index (χ2v) is 4.45. The van der Waals surface area contributed by atoms with Gasteiger partial charge in [-0.1, -0.05) is 11.3 Å². The maximum absolute atomic E-state index is 13.8. The largest absolute Gasteiger partial charge is 0.316 e. The van der Waals surface area contributed by atoms with Crippen LogP contribution in [0.5, 0.6) is 0 Å². The molecule has 0 saturated carbocycles. The highest BCUT2D eigenvalue weighted by molar-refractivity contribution is 9.10. The molecule has 17 heavy (non-hydrogen) atoms. The topological polar surface area (TPSA) is 42.7 Å². The van der Waals surface area contributed by atoms with Gasteiger partial charge < -0.3 is 5.32 Å². The highest BCUT2D eigenvalue weighted by atomic mass is 79.9. The minimum Gasteiger partial charge on any atom is -0.316 e. The van der Waals surface area contributed by atoms with Crippen LogP contribution in [0, 0.1) is 5.82 Å². The molecule has 2 rings (SSSR count). The van der Waals surface area contributed by atoms with Crippen LogP contribution in [0.3, 0.4) is 0 Å². The van der Waals surface area contributed by atoms with Gasteiger partial charge in [0.1, 0.15) is 11.5 Å². The van der Waals surface area contributed by atoms with Crippen molar-refractivity contribution in [3.05, 3.63) is 34.2 Å². The summed E-state index contributed by atoms with van der Waals surface area (Å²) >= 11 is 3.27. The molecular weight excluding hydrogens is 287 g/mol. The lowest BCUT2D eigenvalue weighted by Crippen LogP contribution is -2.05. The van der Waals surface area contributed by atoms with Gasteiger partial charge in [-0.2, -0.15) is 0 Å². The van der Waals surface area contributed by atoms with E-state index >= 15 is 0 Å². The van der Waals surface area contributed by atoms with Crippen molar-refractivity contribution in [2.75, 3.05) is 7.05 Å². The number of rotatable bonds is 3. The van der Waals surface area contributed by atoms with Gasteiger partial charge in [-0.15, -0.1) is 5.10 Å².